The van der Waals surface area contributed by atoms with Crippen molar-refractivity contribution in [2.24, 2.45) is 11.7 Å². The van der Waals surface area contributed by atoms with Crippen LogP contribution >= 0.6 is 0 Å². The zero-order valence-electron chi connectivity index (χ0n) is 7.27. The number of carbonyl (C=O) groups excluding carboxylic acids is 1. The summed E-state index contributed by atoms with van der Waals surface area (Å²) < 4.78 is 0. The molecule has 0 heterocycles. The van der Waals surface area contributed by atoms with Crippen molar-refractivity contribution < 1.29 is 4.79 Å². The van der Waals surface area contributed by atoms with Crippen molar-refractivity contribution in [2.75, 3.05) is 5.01 Å². The molecule has 0 atom stereocenters. The number of nitriles is 1. The van der Waals surface area contributed by atoms with Crippen LogP contribution in [0.4, 0.5) is 10.5 Å². The number of hydrogen-bond acceptors (Lipinski definition) is 4. The number of amides is 2. The maximum atomic E-state index is 11.0. The second-order valence-corrected chi connectivity index (χ2v) is 2.48. The zero-order chi connectivity index (χ0) is 10.6. The average molecular weight is 191 g/mol. The normalized spacial score (nSPS) is 8.93. The van der Waals surface area contributed by atoms with Gasteiger partial charge in [0.25, 0.3) is 0 Å². The first-order valence-electron chi connectivity index (χ1n) is 3.74. The first-order valence-corrected chi connectivity index (χ1v) is 3.74. The van der Waals surface area contributed by atoms with E-state index in [0.717, 1.165) is 5.01 Å². The molecule has 0 spiro atoms. The summed E-state index contributed by atoms with van der Waals surface area (Å²) >= 11 is 0. The van der Waals surface area contributed by atoms with E-state index in [-0.39, 0.29) is 0 Å². The number of nitrogens with zero attached hydrogens (tertiary/aromatic N) is 2. The van der Waals surface area contributed by atoms with E-state index in [1.54, 1.807) is 18.2 Å². The highest BCUT2D eigenvalue weighted by molar-refractivity contribution is 5.90. The van der Waals surface area contributed by atoms with Gasteiger partial charge in [0.05, 0.1) is 17.3 Å². The van der Waals surface area contributed by atoms with Gasteiger partial charge in [-0.2, -0.15) is 5.26 Å². The Morgan fingerprint density at radius 3 is 2.86 bits per heavy atom. The molecule has 0 aliphatic heterocycles. The number of anilines is 1. The summed E-state index contributed by atoms with van der Waals surface area (Å²) in [6.45, 7) is 0. The lowest BCUT2D eigenvalue weighted by atomic mass is 10.2. The Kier molecular flexibility index (Phi) is 3.01. The molecule has 6 heteroatoms. The minimum atomic E-state index is -0.653. The van der Waals surface area contributed by atoms with E-state index in [0.29, 0.717) is 11.3 Å². The fraction of sp³-hybridized carbons (Fsp3) is 0. The fourth-order valence-corrected chi connectivity index (χ4v) is 0.912. The van der Waals surface area contributed by atoms with E-state index in [9.17, 15) is 4.79 Å². The van der Waals surface area contributed by atoms with Crippen LogP contribution in [0.1, 0.15) is 5.56 Å². The highest BCUT2D eigenvalue weighted by Crippen LogP contribution is 2.12. The number of hydrazine groups is 2. The lowest BCUT2D eigenvalue weighted by Gasteiger charge is -2.15. The van der Waals surface area contributed by atoms with E-state index >= 15 is 0 Å². The minimum Gasteiger partial charge on any atom is -0.274 e. The minimum absolute atomic E-state index is 0.395. The van der Waals surface area contributed by atoms with Crippen LogP contribution in [0.5, 0.6) is 0 Å². The number of nitrogens with two attached hydrogens (primary N) is 2. The Balaban J connectivity index is 2.96. The molecule has 5 N–H and O–H groups in total. The van der Waals surface area contributed by atoms with Crippen LogP contribution in [0.25, 0.3) is 0 Å². The van der Waals surface area contributed by atoms with Crippen molar-refractivity contribution in [3.63, 3.8) is 0 Å². The average Bonchev–Trinajstić information content (AvgIpc) is 2.27. The SMILES string of the molecule is N#Cc1cccc(N(N)C(=O)NN)c1. The summed E-state index contributed by atoms with van der Waals surface area (Å²) in [5, 5.41) is 9.43. The molecule has 0 unspecified atom stereocenters. The molecule has 0 saturated heterocycles. The third-order valence-electron chi connectivity index (χ3n) is 1.60. The fourth-order valence-electron chi connectivity index (χ4n) is 0.912. The summed E-state index contributed by atoms with van der Waals surface area (Å²) in [6.07, 6.45) is 0. The lowest BCUT2D eigenvalue weighted by molar-refractivity contribution is 0.246. The predicted octanol–water partition coefficient (Wildman–Crippen LogP) is -0.178. The van der Waals surface area contributed by atoms with Gasteiger partial charge in [-0.05, 0) is 18.2 Å². The number of urea groups is 1. The number of carbonyl (C=O) groups is 1. The number of rotatable bonds is 1. The van der Waals surface area contributed by atoms with Gasteiger partial charge in [-0.15, -0.1) is 0 Å². The Morgan fingerprint density at radius 2 is 2.29 bits per heavy atom. The lowest BCUT2D eigenvalue weighted by Crippen LogP contribution is -2.47. The third kappa shape index (κ3) is 1.98. The van der Waals surface area contributed by atoms with Crippen molar-refractivity contribution in [3.05, 3.63) is 29.8 Å². The monoisotopic (exact) mass is 191 g/mol. The molecule has 0 aliphatic carbocycles. The van der Waals surface area contributed by atoms with E-state index in [1.807, 2.05) is 11.5 Å². The molecular formula is C8H9N5O. The van der Waals surface area contributed by atoms with Crippen LogP contribution in [0.15, 0.2) is 24.3 Å². The van der Waals surface area contributed by atoms with Crippen LogP contribution in [0.2, 0.25) is 0 Å². The van der Waals surface area contributed by atoms with Crippen LogP contribution in [0.3, 0.4) is 0 Å². The summed E-state index contributed by atoms with van der Waals surface area (Å²) in [7, 11) is 0. The van der Waals surface area contributed by atoms with Crippen LogP contribution in [0, 0.1) is 11.3 Å². The molecule has 0 fully saturated rings. The molecule has 0 aliphatic rings. The second-order valence-electron chi connectivity index (χ2n) is 2.48. The topological polar surface area (TPSA) is 108 Å². The molecule has 1 rings (SSSR count). The largest absolute Gasteiger partial charge is 0.350 e. The van der Waals surface area contributed by atoms with Crippen molar-refractivity contribution in [1.82, 2.24) is 5.43 Å². The second kappa shape index (κ2) is 4.23. The molecule has 0 radical (unpaired) electrons. The maximum absolute atomic E-state index is 11.0. The third-order valence-corrected chi connectivity index (χ3v) is 1.60. The predicted molar refractivity (Wildman–Crippen MR) is 50.5 cm³/mol. The quantitative estimate of drug-likeness (QED) is 0.325. The maximum Gasteiger partial charge on any atom is 0.350 e. The van der Waals surface area contributed by atoms with E-state index < -0.39 is 6.03 Å². The van der Waals surface area contributed by atoms with Gasteiger partial charge < -0.3 is 0 Å². The van der Waals surface area contributed by atoms with Gasteiger partial charge in [0.2, 0.25) is 0 Å². The first-order chi connectivity index (χ1) is 6.69. The molecule has 2 amide bonds. The van der Waals surface area contributed by atoms with Crippen molar-refractivity contribution in [1.29, 1.82) is 5.26 Å². The van der Waals surface area contributed by atoms with Crippen LogP contribution in [-0.4, -0.2) is 6.03 Å². The van der Waals surface area contributed by atoms with Crippen LogP contribution < -0.4 is 22.1 Å². The molecule has 14 heavy (non-hydrogen) atoms. The molecule has 0 saturated carbocycles. The molecule has 1 aromatic carbocycles. The Morgan fingerprint density at radius 1 is 1.57 bits per heavy atom. The van der Waals surface area contributed by atoms with Crippen LogP contribution in [-0.2, 0) is 0 Å². The van der Waals surface area contributed by atoms with Crippen molar-refractivity contribution in [3.8, 4) is 6.07 Å². The Hall–Kier alpha value is -2.10. The number of hydrogen-bond donors (Lipinski definition) is 3. The first kappa shape index (κ1) is 9.98. The van der Waals surface area contributed by atoms with E-state index in [4.69, 9.17) is 16.9 Å². The standard InChI is InChI=1S/C8H9N5O/c9-5-6-2-1-3-7(4-6)13(11)8(14)12-10/h1-4H,10-11H2,(H,12,14). The van der Waals surface area contributed by atoms with Gasteiger partial charge in [-0.1, -0.05) is 6.07 Å². The number of benzene rings is 1. The van der Waals surface area contributed by atoms with Gasteiger partial charge in [0.15, 0.2) is 0 Å². The molecule has 72 valence electrons. The van der Waals surface area contributed by atoms with Gasteiger partial charge in [-0.3, -0.25) is 5.43 Å². The molecular weight excluding hydrogens is 182 g/mol. The highest BCUT2D eigenvalue weighted by atomic mass is 16.2. The van der Waals surface area contributed by atoms with E-state index in [1.165, 1.54) is 6.07 Å². The van der Waals surface area contributed by atoms with E-state index in [2.05, 4.69) is 0 Å². The van der Waals surface area contributed by atoms with Gasteiger partial charge in [0.1, 0.15) is 0 Å². The van der Waals surface area contributed by atoms with Gasteiger partial charge >= 0.3 is 6.03 Å². The van der Waals surface area contributed by atoms with Crippen molar-refractivity contribution >= 4 is 11.7 Å². The Bertz CT molecular complexity index is 384. The zero-order valence-corrected chi connectivity index (χ0v) is 7.27. The summed E-state index contributed by atoms with van der Waals surface area (Å²) in [5.41, 5.74) is 2.69. The van der Waals surface area contributed by atoms with Gasteiger partial charge in [0, 0.05) is 0 Å². The van der Waals surface area contributed by atoms with Gasteiger partial charge in [-0.25, -0.2) is 21.5 Å². The summed E-state index contributed by atoms with van der Waals surface area (Å²) in [5.74, 6) is 10.3. The molecule has 0 bridgehead atoms. The summed E-state index contributed by atoms with van der Waals surface area (Å²) in [6, 6.07) is 7.59. The molecule has 6 nitrogen and oxygen atoms in total. The number of nitrogens with one attached hydrogen (secondary N) is 1. The highest BCUT2D eigenvalue weighted by Gasteiger charge is 2.09. The van der Waals surface area contributed by atoms with Crippen molar-refractivity contribution in [2.45, 2.75) is 0 Å². The summed E-state index contributed by atoms with van der Waals surface area (Å²) in [4.78, 5) is 11.0. The smallest absolute Gasteiger partial charge is 0.274 e. The Labute approximate surface area is 80.6 Å². The molecule has 1 aromatic rings. The molecule has 0 aromatic heterocycles.